The van der Waals surface area contributed by atoms with E-state index in [4.69, 9.17) is 0 Å². The molecule has 1 N–H and O–H groups in total. The zero-order valence-corrected chi connectivity index (χ0v) is 14.0. The standard InChI is InChI=1S/C15H22N2O2S.ClH/c1-12-11-16-8-9-17(12)20(18,19)15-7-6-13-4-2-3-5-14(13)10-15;/h6-7,10,12,16H,2-5,8-9,11H2,1H3;1H/t12-;/m1./s1. The van der Waals surface area contributed by atoms with E-state index in [-0.39, 0.29) is 18.4 Å². The first kappa shape index (κ1) is 16.7. The first-order valence-electron chi connectivity index (χ1n) is 7.43. The Morgan fingerprint density at radius 1 is 1.19 bits per heavy atom. The molecule has 1 saturated heterocycles. The number of nitrogens with one attached hydrogen (secondary N) is 1. The van der Waals surface area contributed by atoms with Gasteiger partial charge in [0.1, 0.15) is 0 Å². The van der Waals surface area contributed by atoms with E-state index in [9.17, 15) is 8.42 Å². The van der Waals surface area contributed by atoms with Crippen LogP contribution in [0.2, 0.25) is 0 Å². The van der Waals surface area contributed by atoms with Gasteiger partial charge in [-0.2, -0.15) is 4.31 Å². The molecule has 118 valence electrons. The monoisotopic (exact) mass is 330 g/mol. The van der Waals surface area contributed by atoms with Crippen molar-refractivity contribution >= 4 is 22.4 Å². The molecule has 1 aliphatic heterocycles. The molecular weight excluding hydrogens is 308 g/mol. The molecule has 0 saturated carbocycles. The Morgan fingerprint density at radius 2 is 1.90 bits per heavy atom. The molecule has 0 bridgehead atoms. The fourth-order valence-electron chi connectivity index (χ4n) is 3.19. The molecule has 0 radical (unpaired) electrons. The lowest BCUT2D eigenvalue weighted by atomic mass is 9.92. The Morgan fingerprint density at radius 3 is 2.62 bits per heavy atom. The number of hydrogen-bond acceptors (Lipinski definition) is 3. The van der Waals surface area contributed by atoms with Gasteiger partial charge < -0.3 is 5.32 Å². The minimum atomic E-state index is -3.35. The summed E-state index contributed by atoms with van der Waals surface area (Å²) in [4.78, 5) is 0.465. The van der Waals surface area contributed by atoms with Gasteiger partial charge in [-0.3, -0.25) is 0 Å². The summed E-state index contributed by atoms with van der Waals surface area (Å²) in [7, 11) is -3.35. The maximum atomic E-state index is 12.8. The molecule has 0 unspecified atom stereocenters. The third-order valence-electron chi connectivity index (χ3n) is 4.37. The van der Waals surface area contributed by atoms with Gasteiger partial charge in [0.15, 0.2) is 0 Å². The van der Waals surface area contributed by atoms with Crippen molar-refractivity contribution in [3.05, 3.63) is 29.3 Å². The molecule has 4 nitrogen and oxygen atoms in total. The summed E-state index contributed by atoms with van der Waals surface area (Å²) < 4.78 is 27.2. The van der Waals surface area contributed by atoms with Crippen LogP contribution in [0.5, 0.6) is 0 Å². The minimum absolute atomic E-state index is 0. The number of halogens is 1. The summed E-state index contributed by atoms with van der Waals surface area (Å²) in [5, 5.41) is 3.23. The average molecular weight is 331 g/mol. The predicted octanol–water partition coefficient (Wildman–Crippen LogP) is 1.97. The van der Waals surface area contributed by atoms with Gasteiger partial charge >= 0.3 is 0 Å². The normalized spacial score (nSPS) is 23.2. The Balaban J connectivity index is 0.00000161. The molecule has 1 aromatic rings. The van der Waals surface area contributed by atoms with Crippen LogP contribution in [0.15, 0.2) is 23.1 Å². The van der Waals surface area contributed by atoms with Crippen LogP contribution >= 0.6 is 12.4 Å². The predicted molar refractivity (Wildman–Crippen MR) is 86.6 cm³/mol. The molecule has 6 heteroatoms. The highest BCUT2D eigenvalue weighted by Crippen LogP contribution is 2.26. The Hall–Kier alpha value is -0.620. The smallest absolute Gasteiger partial charge is 0.243 e. The van der Waals surface area contributed by atoms with Crippen LogP contribution in [0.1, 0.15) is 30.9 Å². The van der Waals surface area contributed by atoms with E-state index in [1.807, 2.05) is 19.1 Å². The van der Waals surface area contributed by atoms with Crippen LogP contribution in [-0.2, 0) is 22.9 Å². The van der Waals surface area contributed by atoms with Crippen molar-refractivity contribution < 1.29 is 8.42 Å². The molecule has 1 atom stereocenters. The van der Waals surface area contributed by atoms with Gasteiger partial charge in [0.05, 0.1) is 4.90 Å². The molecule has 1 aliphatic carbocycles. The number of hydrogen-bond donors (Lipinski definition) is 1. The fourth-order valence-corrected chi connectivity index (χ4v) is 4.87. The number of rotatable bonds is 2. The first-order valence-corrected chi connectivity index (χ1v) is 8.87. The molecule has 0 amide bonds. The molecule has 1 aromatic carbocycles. The highest BCUT2D eigenvalue weighted by atomic mass is 35.5. The maximum absolute atomic E-state index is 12.8. The van der Waals surface area contributed by atoms with Gasteiger partial charge in [0, 0.05) is 25.7 Å². The lowest BCUT2D eigenvalue weighted by molar-refractivity contribution is 0.284. The molecule has 0 aromatic heterocycles. The van der Waals surface area contributed by atoms with Crippen molar-refractivity contribution in [1.82, 2.24) is 9.62 Å². The first-order chi connectivity index (χ1) is 9.59. The molecule has 3 rings (SSSR count). The SMILES string of the molecule is C[C@@H]1CNCCN1S(=O)(=O)c1ccc2c(c1)CCCC2.Cl. The highest BCUT2D eigenvalue weighted by molar-refractivity contribution is 7.89. The third-order valence-corrected chi connectivity index (χ3v) is 6.38. The van der Waals surface area contributed by atoms with Gasteiger partial charge in [-0.05, 0) is 55.9 Å². The summed E-state index contributed by atoms with van der Waals surface area (Å²) in [6, 6.07) is 5.71. The summed E-state index contributed by atoms with van der Waals surface area (Å²) in [6.45, 7) is 3.97. The van der Waals surface area contributed by atoms with Crippen LogP contribution < -0.4 is 5.32 Å². The van der Waals surface area contributed by atoms with E-state index in [0.29, 0.717) is 11.4 Å². The summed E-state index contributed by atoms with van der Waals surface area (Å²) in [6.07, 6.45) is 4.48. The van der Waals surface area contributed by atoms with Crippen molar-refractivity contribution in [2.75, 3.05) is 19.6 Å². The second-order valence-corrected chi connectivity index (χ2v) is 7.70. The number of sulfonamides is 1. The van der Waals surface area contributed by atoms with Gasteiger partial charge in [-0.25, -0.2) is 8.42 Å². The van der Waals surface area contributed by atoms with Gasteiger partial charge in [0.2, 0.25) is 10.0 Å². The molecular formula is C15H23ClN2O2S. The van der Waals surface area contributed by atoms with Gasteiger partial charge in [0.25, 0.3) is 0 Å². The molecule has 0 spiro atoms. The summed E-state index contributed by atoms with van der Waals surface area (Å²) >= 11 is 0. The van der Waals surface area contributed by atoms with Crippen molar-refractivity contribution in [2.24, 2.45) is 0 Å². The average Bonchev–Trinajstić information content (AvgIpc) is 2.47. The van der Waals surface area contributed by atoms with Crippen molar-refractivity contribution in [3.8, 4) is 0 Å². The Bertz CT molecular complexity index is 604. The Kier molecular flexibility index (Phi) is 5.30. The van der Waals surface area contributed by atoms with Crippen molar-refractivity contribution in [1.29, 1.82) is 0 Å². The lowest BCUT2D eigenvalue weighted by Gasteiger charge is -2.33. The second-order valence-electron chi connectivity index (χ2n) is 5.81. The van der Waals surface area contributed by atoms with E-state index in [1.165, 1.54) is 24.0 Å². The third kappa shape index (κ3) is 3.26. The van der Waals surface area contributed by atoms with Crippen LogP contribution in [0.4, 0.5) is 0 Å². The van der Waals surface area contributed by atoms with Crippen LogP contribution in [0.25, 0.3) is 0 Å². The summed E-state index contributed by atoms with van der Waals surface area (Å²) in [5.74, 6) is 0. The van der Waals surface area contributed by atoms with E-state index in [2.05, 4.69) is 5.32 Å². The number of aryl methyl sites for hydroxylation is 2. The minimum Gasteiger partial charge on any atom is -0.314 e. The number of fused-ring (bicyclic) bond motifs is 1. The molecule has 1 heterocycles. The van der Waals surface area contributed by atoms with Crippen LogP contribution in [0, 0.1) is 0 Å². The van der Waals surface area contributed by atoms with E-state index in [1.54, 1.807) is 10.4 Å². The van der Waals surface area contributed by atoms with Crippen molar-refractivity contribution in [3.63, 3.8) is 0 Å². The van der Waals surface area contributed by atoms with Crippen molar-refractivity contribution in [2.45, 2.75) is 43.5 Å². The summed E-state index contributed by atoms with van der Waals surface area (Å²) in [5.41, 5.74) is 2.55. The maximum Gasteiger partial charge on any atom is 0.243 e. The highest BCUT2D eigenvalue weighted by Gasteiger charge is 2.31. The number of piperazine rings is 1. The van der Waals surface area contributed by atoms with E-state index in [0.717, 1.165) is 25.9 Å². The second kappa shape index (κ2) is 6.65. The number of nitrogens with zero attached hydrogens (tertiary/aromatic N) is 1. The molecule has 21 heavy (non-hydrogen) atoms. The fraction of sp³-hybridized carbons (Fsp3) is 0.600. The van der Waals surface area contributed by atoms with Crippen LogP contribution in [-0.4, -0.2) is 38.4 Å². The zero-order chi connectivity index (χ0) is 14.2. The largest absolute Gasteiger partial charge is 0.314 e. The van der Waals surface area contributed by atoms with E-state index < -0.39 is 10.0 Å². The lowest BCUT2D eigenvalue weighted by Crippen LogP contribution is -2.52. The Labute approximate surface area is 133 Å². The molecule has 1 fully saturated rings. The van der Waals surface area contributed by atoms with E-state index >= 15 is 0 Å². The quantitative estimate of drug-likeness (QED) is 0.902. The van der Waals surface area contributed by atoms with Crippen LogP contribution in [0.3, 0.4) is 0 Å². The van der Waals surface area contributed by atoms with Gasteiger partial charge in [-0.1, -0.05) is 6.07 Å². The topological polar surface area (TPSA) is 49.4 Å². The van der Waals surface area contributed by atoms with Gasteiger partial charge in [-0.15, -0.1) is 12.4 Å². The zero-order valence-electron chi connectivity index (χ0n) is 12.3. The number of benzene rings is 1. The molecule has 2 aliphatic rings.